The summed E-state index contributed by atoms with van der Waals surface area (Å²) in [6.07, 6.45) is 0. The number of methoxy groups -OCH3 is 1. The lowest BCUT2D eigenvalue weighted by atomic mass is 10.2. The van der Waals surface area contributed by atoms with E-state index in [1.165, 1.54) is 4.88 Å². The number of anilines is 2. The monoisotopic (exact) mass is 371 g/mol. The summed E-state index contributed by atoms with van der Waals surface area (Å²) in [4.78, 5) is 14.9. The average Bonchev–Trinajstić information content (AvgIpc) is 3.29. The van der Waals surface area contributed by atoms with Gasteiger partial charge in [0.25, 0.3) is 0 Å². The number of aryl methyl sites for hydroxylation is 2. The molecule has 0 amide bonds. The van der Waals surface area contributed by atoms with Gasteiger partial charge in [-0.15, -0.1) is 11.3 Å². The van der Waals surface area contributed by atoms with Gasteiger partial charge in [-0.25, -0.2) is 4.98 Å². The van der Waals surface area contributed by atoms with Crippen LogP contribution in [0.1, 0.15) is 10.6 Å². The SMILES string of the molecule is COc1cccc(-c2noc(N3CCN(c4nc(C)c(C)s4)CC3)n2)c1. The van der Waals surface area contributed by atoms with E-state index in [1.807, 2.05) is 24.3 Å². The second kappa shape index (κ2) is 6.95. The molecule has 1 saturated heterocycles. The first-order valence-corrected chi connectivity index (χ1v) is 9.38. The van der Waals surface area contributed by atoms with Crippen LogP contribution in [0, 0.1) is 13.8 Å². The molecule has 8 heteroatoms. The van der Waals surface area contributed by atoms with Gasteiger partial charge in [-0.2, -0.15) is 4.98 Å². The van der Waals surface area contributed by atoms with Crippen LogP contribution in [0.5, 0.6) is 5.75 Å². The van der Waals surface area contributed by atoms with Gasteiger partial charge in [0.15, 0.2) is 5.13 Å². The Morgan fingerprint density at radius 3 is 2.54 bits per heavy atom. The largest absolute Gasteiger partial charge is 0.497 e. The van der Waals surface area contributed by atoms with E-state index in [0.29, 0.717) is 11.8 Å². The molecular weight excluding hydrogens is 350 g/mol. The number of piperazine rings is 1. The van der Waals surface area contributed by atoms with Crippen molar-refractivity contribution >= 4 is 22.5 Å². The number of ether oxygens (including phenoxy) is 1. The van der Waals surface area contributed by atoms with Crippen molar-refractivity contribution < 1.29 is 9.26 Å². The standard InChI is InChI=1S/C18H21N5O2S/c1-12-13(2)26-18(19-12)23-9-7-22(8-10-23)17-20-16(21-25-17)14-5-4-6-15(11-14)24-3/h4-6,11H,7-10H2,1-3H3. The molecule has 1 aliphatic heterocycles. The number of thiazole rings is 1. The lowest BCUT2D eigenvalue weighted by Crippen LogP contribution is -2.46. The maximum Gasteiger partial charge on any atom is 0.324 e. The van der Waals surface area contributed by atoms with Crippen molar-refractivity contribution in [2.45, 2.75) is 13.8 Å². The van der Waals surface area contributed by atoms with Crippen LogP contribution in [0.4, 0.5) is 11.1 Å². The zero-order valence-electron chi connectivity index (χ0n) is 15.1. The van der Waals surface area contributed by atoms with Crippen molar-refractivity contribution in [1.29, 1.82) is 0 Å². The van der Waals surface area contributed by atoms with E-state index in [1.54, 1.807) is 18.4 Å². The Kier molecular flexibility index (Phi) is 4.50. The predicted octanol–water partition coefficient (Wildman–Crippen LogP) is 3.15. The van der Waals surface area contributed by atoms with Crippen LogP contribution in [-0.2, 0) is 0 Å². The first-order chi connectivity index (χ1) is 12.6. The molecule has 0 bridgehead atoms. The van der Waals surface area contributed by atoms with Crippen LogP contribution in [0.2, 0.25) is 0 Å². The first-order valence-electron chi connectivity index (χ1n) is 8.56. The molecule has 0 aliphatic carbocycles. The third-order valence-electron chi connectivity index (χ3n) is 4.58. The Balaban J connectivity index is 1.44. The van der Waals surface area contributed by atoms with Gasteiger partial charge in [0.05, 0.1) is 12.8 Å². The lowest BCUT2D eigenvalue weighted by Gasteiger charge is -2.33. The number of hydrogen-bond acceptors (Lipinski definition) is 8. The van der Waals surface area contributed by atoms with Crippen LogP contribution < -0.4 is 14.5 Å². The summed E-state index contributed by atoms with van der Waals surface area (Å²) in [5, 5.41) is 5.22. The summed E-state index contributed by atoms with van der Waals surface area (Å²) in [5.74, 6) is 1.35. The molecule has 2 aromatic heterocycles. The Bertz CT molecular complexity index is 879. The minimum absolute atomic E-state index is 0.564. The Morgan fingerprint density at radius 2 is 1.85 bits per heavy atom. The normalized spacial score (nSPS) is 14.7. The van der Waals surface area contributed by atoms with Crippen molar-refractivity contribution in [2.75, 3.05) is 43.1 Å². The zero-order valence-corrected chi connectivity index (χ0v) is 15.9. The van der Waals surface area contributed by atoms with Crippen LogP contribution >= 0.6 is 11.3 Å². The molecule has 0 spiro atoms. The van der Waals surface area contributed by atoms with E-state index < -0.39 is 0 Å². The summed E-state index contributed by atoms with van der Waals surface area (Å²) in [7, 11) is 1.64. The van der Waals surface area contributed by atoms with Gasteiger partial charge in [0.1, 0.15) is 5.75 Å². The van der Waals surface area contributed by atoms with Crippen molar-refractivity contribution in [2.24, 2.45) is 0 Å². The molecule has 0 radical (unpaired) electrons. The minimum Gasteiger partial charge on any atom is -0.497 e. The lowest BCUT2D eigenvalue weighted by molar-refractivity contribution is 0.409. The highest BCUT2D eigenvalue weighted by atomic mass is 32.1. The molecule has 136 valence electrons. The first kappa shape index (κ1) is 16.8. The second-order valence-electron chi connectivity index (χ2n) is 6.24. The van der Waals surface area contributed by atoms with Crippen molar-refractivity contribution in [3.8, 4) is 17.1 Å². The quantitative estimate of drug-likeness (QED) is 0.698. The van der Waals surface area contributed by atoms with Gasteiger partial charge in [-0.05, 0) is 26.0 Å². The second-order valence-corrected chi connectivity index (χ2v) is 7.43. The third-order valence-corrected chi connectivity index (χ3v) is 5.71. The summed E-state index contributed by atoms with van der Waals surface area (Å²) in [6, 6.07) is 8.23. The number of rotatable bonds is 4. The highest BCUT2D eigenvalue weighted by Gasteiger charge is 2.23. The molecule has 1 aliphatic rings. The summed E-state index contributed by atoms with van der Waals surface area (Å²) in [5.41, 5.74) is 2.00. The van der Waals surface area contributed by atoms with Gasteiger partial charge in [0, 0.05) is 36.6 Å². The van der Waals surface area contributed by atoms with E-state index >= 15 is 0 Å². The van der Waals surface area contributed by atoms with E-state index in [2.05, 4.69) is 38.8 Å². The Labute approximate surface area is 156 Å². The van der Waals surface area contributed by atoms with E-state index in [-0.39, 0.29) is 0 Å². The predicted molar refractivity (Wildman–Crippen MR) is 102 cm³/mol. The molecule has 3 aromatic rings. The molecule has 0 unspecified atom stereocenters. The molecule has 1 aromatic carbocycles. The molecule has 26 heavy (non-hydrogen) atoms. The molecular formula is C18H21N5O2S. The fourth-order valence-electron chi connectivity index (χ4n) is 2.90. The summed E-state index contributed by atoms with van der Waals surface area (Å²) in [6.45, 7) is 7.62. The van der Waals surface area contributed by atoms with Gasteiger partial charge in [-0.1, -0.05) is 17.3 Å². The fourth-order valence-corrected chi connectivity index (χ4v) is 3.86. The van der Waals surface area contributed by atoms with Crippen LogP contribution in [-0.4, -0.2) is 48.4 Å². The number of nitrogens with zero attached hydrogens (tertiary/aromatic N) is 5. The molecule has 4 rings (SSSR count). The van der Waals surface area contributed by atoms with Crippen LogP contribution in [0.3, 0.4) is 0 Å². The molecule has 1 fully saturated rings. The van der Waals surface area contributed by atoms with E-state index in [4.69, 9.17) is 9.26 Å². The number of aromatic nitrogens is 3. The van der Waals surface area contributed by atoms with Crippen LogP contribution in [0.25, 0.3) is 11.4 Å². The topological polar surface area (TPSA) is 67.5 Å². The highest BCUT2D eigenvalue weighted by Crippen LogP contribution is 2.28. The number of benzene rings is 1. The number of hydrogen-bond donors (Lipinski definition) is 0. The van der Waals surface area contributed by atoms with Gasteiger partial charge < -0.3 is 19.1 Å². The van der Waals surface area contributed by atoms with Crippen molar-refractivity contribution in [3.05, 3.63) is 34.8 Å². The Hall–Kier alpha value is -2.61. The molecule has 0 atom stereocenters. The van der Waals surface area contributed by atoms with Crippen molar-refractivity contribution in [1.82, 2.24) is 15.1 Å². The average molecular weight is 371 g/mol. The Morgan fingerprint density at radius 1 is 1.08 bits per heavy atom. The van der Waals surface area contributed by atoms with Gasteiger partial charge in [0.2, 0.25) is 5.82 Å². The smallest absolute Gasteiger partial charge is 0.324 e. The zero-order chi connectivity index (χ0) is 18.1. The van der Waals surface area contributed by atoms with Crippen molar-refractivity contribution in [3.63, 3.8) is 0 Å². The van der Waals surface area contributed by atoms with Gasteiger partial charge in [-0.3, -0.25) is 0 Å². The highest BCUT2D eigenvalue weighted by molar-refractivity contribution is 7.15. The van der Waals surface area contributed by atoms with E-state index in [9.17, 15) is 0 Å². The molecule has 7 nitrogen and oxygen atoms in total. The van der Waals surface area contributed by atoms with Gasteiger partial charge >= 0.3 is 6.01 Å². The maximum absolute atomic E-state index is 5.49. The molecule has 0 saturated carbocycles. The molecule has 3 heterocycles. The van der Waals surface area contributed by atoms with Crippen LogP contribution in [0.15, 0.2) is 28.8 Å². The summed E-state index contributed by atoms with van der Waals surface area (Å²) >= 11 is 1.76. The summed E-state index contributed by atoms with van der Waals surface area (Å²) < 4.78 is 10.7. The van der Waals surface area contributed by atoms with E-state index in [0.717, 1.165) is 48.3 Å². The molecule has 0 N–H and O–H groups in total. The fraction of sp³-hybridized carbons (Fsp3) is 0.389. The maximum atomic E-state index is 5.49. The third kappa shape index (κ3) is 3.24. The minimum atomic E-state index is 0.564.